The number of nitrogens with zero attached hydrogens (tertiary/aromatic N) is 4. The molecule has 10 heteroatoms. The normalized spacial score (nSPS) is 11.8. The van der Waals surface area contributed by atoms with Gasteiger partial charge in [-0.15, -0.1) is 0 Å². The van der Waals surface area contributed by atoms with Crippen LogP contribution in [0.4, 0.5) is 10.1 Å². The molecule has 1 aromatic heterocycles. The monoisotopic (exact) mass is 411 g/mol. The Bertz CT molecular complexity index is 1190. The predicted molar refractivity (Wildman–Crippen MR) is 106 cm³/mol. The average Bonchev–Trinajstić information content (AvgIpc) is 3.04. The minimum absolute atomic E-state index is 0.107. The smallest absolute Gasteiger partial charge is 0.271 e. The van der Waals surface area contributed by atoms with Gasteiger partial charge in [-0.2, -0.15) is 5.26 Å². The number of hydrogen-bond donors (Lipinski definition) is 1. The maximum atomic E-state index is 13.3. The highest BCUT2D eigenvalue weighted by atomic mass is 32.2. The molecule has 0 radical (unpaired) electrons. The Hall–Kier alpha value is -3.71. The lowest BCUT2D eigenvalue weighted by Gasteiger charge is -2.09. The van der Waals surface area contributed by atoms with Crippen molar-refractivity contribution in [2.24, 2.45) is 5.73 Å². The fourth-order valence-corrected chi connectivity index (χ4v) is 3.57. The molecule has 0 spiro atoms. The van der Waals surface area contributed by atoms with Crippen LogP contribution in [0.1, 0.15) is 6.92 Å². The van der Waals surface area contributed by atoms with Crippen LogP contribution < -0.4 is 5.73 Å². The Kier molecular flexibility index (Phi) is 5.61. The molecule has 0 bridgehead atoms. The third-order valence-corrected chi connectivity index (χ3v) is 4.96. The van der Waals surface area contributed by atoms with Gasteiger partial charge in [-0.05, 0) is 37.3 Å². The molecule has 29 heavy (non-hydrogen) atoms. The predicted octanol–water partition coefficient (Wildman–Crippen LogP) is 3.49. The Morgan fingerprint density at radius 1 is 1.34 bits per heavy atom. The van der Waals surface area contributed by atoms with Gasteiger partial charge in [-0.3, -0.25) is 19.5 Å². The summed E-state index contributed by atoms with van der Waals surface area (Å²) in [5, 5.41) is 20.5. The number of rotatable bonds is 6. The molecule has 0 fully saturated rings. The highest BCUT2D eigenvalue weighted by Gasteiger charge is 2.19. The SMILES string of the molecule is C/C(N)=C(/C#N)C(=O)CSc1nc2cc([N+](=O)[O-])ccc2n1-c1ccc(F)cc1. The van der Waals surface area contributed by atoms with Crippen LogP contribution in [0, 0.1) is 27.3 Å². The fourth-order valence-electron chi connectivity index (χ4n) is 2.67. The first-order valence-corrected chi connectivity index (χ1v) is 9.25. The van der Waals surface area contributed by atoms with E-state index in [1.165, 1.54) is 43.3 Å². The van der Waals surface area contributed by atoms with Gasteiger partial charge in [0.05, 0.1) is 21.7 Å². The first-order valence-electron chi connectivity index (χ1n) is 8.27. The Labute approximate surface area is 168 Å². The molecule has 0 aliphatic rings. The van der Waals surface area contributed by atoms with Crippen molar-refractivity contribution in [3.63, 3.8) is 0 Å². The summed E-state index contributed by atoms with van der Waals surface area (Å²) in [5.74, 6) is -0.981. The molecule has 8 nitrogen and oxygen atoms in total. The van der Waals surface area contributed by atoms with Crippen molar-refractivity contribution in [2.45, 2.75) is 12.1 Å². The van der Waals surface area contributed by atoms with Crippen LogP contribution in [-0.2, 0) is 4.79 Å². The van der Waals surface area contributed by atoms with Gasteiger partial charge in [-0.1, -0.05) is 11.8 Å². The van der Waals surface area contributed by atoms with E-state index >= 15 is 0 Å². The second-order valence-electron chi connectivity index (χ2n) is 6.02. The van der Waals surface area contributed by atoms with Crippen molar-refractivity contribution >= 4 is 34.3 Å². The third kappa shape index (κ3) is 4.09. The molecule has 0 aliphatic carbocycles. The fraction of sp³-hybridized carbons (Fsp3) is 0.105. The maximum Gasteiger partial charge on any atom is 0.271 e. The van der Waals surface area contributed by atoms with E-state index in [-0.39, 0.29) is 22.7 Å². The second kappa shape index (κ2) is 8.12. The highest BCUT2D eigenvalue weighted by Crippen LogP contribution is 2.30. The van der Waals surface area contributed by atoms with Gasteiger partial charge in [0.25, 0.3) is 5.69 Å². The largest absolute Gasteiger partial charge is 0.401 e. The van der Waals surface area contributed by atoms with Crippen LogP contribution in [-0.4, -0.2) is 26.0 Å². The van der Waals surface area contributed by atoms with Gasteiger partial charge in [-0.25, -0.2) is 9.37 Å². The molecule has 0 aliphatic heterocycles. The van der Waals surface area contributed by atoms with Crippen LogP contribution in [0.5, 0.6) is 0 Å². The lowest BCUT2D eigenvalue weighted by Crippen LogP contribution is -2.10. The number of hydrogen-bond acceptors (Lipinski definition) is 7. The second-order valence-corrected chi connectivity index (χ2v) is 6.96. The third-order valence-electron chi connectivity index (χ3n) is 4.02. The van der Waals surface area contributed by atoms with E-state index in [4.69, 9.17) is 11.0 Å². The number of nitro groups is 1. The molecule has 3 rings (SSSR count). The van der Waals surface area contributed by atoms with Crippen LogP contribution in [0.2, 0.25) is 0 Å². The van der Waals surface area contributed by atoms with Gasteiger partial charge in [0, 0.05) is 23.5 Å². The molecule has 0 saturated heterocycles. The number of aromatic nitrogens is 2. The molecule has 0 unspecified atom stereocenters. The number of thioether (sulfide) groups is 1. The summed E-state index contributed by atoms with van der Waals surface area (Å²) in [6.07, 6.45) is 0. The number of imidazole rings is 1. The Morgan fingerprint density at radius 2 is 2.03 bits per heavy atom. The Morgan fingerprint density at radius 3 is 2.62 bits per heavy atom. The topological polar surface area (TPSA) is 128 Å². The lowest BCUT2D eigenvalue weighted by atomic mass is 10.2. The van der Waals surface area contributed by atoms with Crippen molar-refractivity contribution in [3.05, 3.63) is 69.7 Å². The number of fused-ring (bicyclic) bond motifs is 1. The number of Topliss-reactive ketones (excluding diaryl/α,β-unsaturated/α-hetero) is 1. The summed E-state index contributed by atoms with van der Waals surface area (Å²) in [6.45, 7) is 1.47. The van der Waals surface area contributed by atoms with Gasteiger partial charge >= 0.3 is 0 Å². The maximum absolute atomic E-state index is 13.3. The summed E-state index contributed by atoms with van der Waals surface area (Å²) in [5.41, 5.74) is 6.92. The minimum atomic E-state index is -0.527. The average molecular weight is 411 g/mol. The molecule has 1 heterocycles. The van der Waals surface area contributed by atoms with Crippen LogP contribution in [0.25, 0.3) is 16.7 Å². The summed E-state index contributed by atoms with van der Waals surface area (Å²) >= 11 is 1.05. The summed E-state index contributed by atoms with van der Waals surface area (Å²) in [6, 6.07) is 11.6. The van der Waals surface area contributed by atoms with Crippen molar-refractivity contribution in [2.75, 3.05) is 5.75 Å². The first kappa shape index (κ1) is 20.0. The molecule has 146 valence electrons. The lowest BCUT2D eigenvalue weighted by molar-refractivity contribution is -0.384. The number of allylic oxidation sites excluding steroid dienone is 2. The molecule has 0 amide bonds. The molecule has 0 saturated carbocycles. The van der Waals surface area contributed by atoms with Crippen LogP contribution in [0.15, 0.2) is 58.9 Å². The Balaban J connectivity index is 2.07. The molecular formula is C19H14FN5O3S. The quantitative estimate of drug-likeness (QED) is 0.216. The molecule has 2 N–H and O–H groups in total. The molecule has 3 aromatic rings. The summed E-state index contributed by atoms with van der Waals surface area (Å²) in [7, 11) is 0. The van der Waals surface area contributed by atoms with Gasteiger partial charge in [0.1, 0.15) is 17.5 Å². The van der Waals surface area contributed by atoms with Crippen LogP contribution >= 0.6 is 11.8 Å². The van der Waals surface area contributed by atoms with Gasteiger partial charge < -0.3 is 5.73 Å². The number of ketones is 1. The number of carbonyl (C=O) groups excluding carboxylic acids is 1. The molecular weight excluding hydrogens is 397 g/mol. The van der Waals surface area contributed by atoms with Gasteiger partial charge in [0.15, 0.2) is 10.9 Å². The standard InChI is InChI=1S/C19H14FN5O3S/c1-11(22)15(9-21)18(26)10-29-19-23-16-8-14(25(27)28)6-7-17(16)24(19)13-4-2-12(20)3-5-13/h2-8H,10,22H2,1H3/b15-11+. The number of non-ortho nitro benzene ring substituents is 1. The van der Waals surface area contributed by atoms with Crippen LogP contribution in [0.3, 0.4) is 0 Å². The van der Waals surface area contributed by atoms with Crippen molar-refractivity contribution < 1.29 is 14.1 Å². The number of halogens is 1. The van der Waals surface area contributed by atoms with E-state index in [9.17, 15) is 19.3 Å². The number of nitrogens with two attached hydrogens (primary N) is 1. The molecule has 2 aromatic carbocycles. The zero-order valence-electron chi connectivity index (χ0n) is 15.1. The summed E-state index contributed by atoms with van der Waals surface area (Å²) in [4.78, 5) is 27.2. The van der Waals surface area contributed by atoms with Crippen molar-refractivity contribution in [3.8, 4) is 11.8 Å². The van der Waals surface area contributed by atoms with E-state index in [0.717, 1.165) is 11.8 Å². The summed E-state index contributed by atoms with van der Waals surface area (Å²) < 4.78 is 15.0. The first-order chi connectivity index (χ1) is 13.8. The van der Waals surface area contributed by atoms with E-state index in [1.54, 1.807) is 16.7 Å². The van der Waals surface area contributed by atoms with E-state index in [0.29, 0.717) is 21.9 Å². The number of nitriles is 1. The number of carbonyl (C=O) groups is 1. The zero-order chi connectivity index (χ0) is 21.1. The van der Waals surface area contributed by atoms with E-state index in [1.807, 2.05) is 0 Å². The van der Waals surface area contributed by atoms with E-state index < -0.39 is 16.5 Å². The number of nitro benzene ring substituents is 1. The van der Waals surface area contributed by atoms with Gasteiger partial charge in [0.2, 0.25) is 0 Å². The van der Waals surface area contributed by atoms with Crippen molar-refractivity contribution in [1.82, 2.24) is 9.55 Å². The zero-order valence-corrected chi connectivity index (χ0v) is 15.9. The molecule has 0 atom stereocenters. The van der Waals surface area contributed by atoms with Crippen molar-refractivity contribution in [1.29, 1.82) is 5.26 Å². The number of benzene rings is 2. The minimum Gasteiger partial charge on any atom is -0.401 e. The highest BCUT2D eigenvalue weighted by molar-refractivity contribution is 7.99. The van der Waals surface area contributed by atoms with E-state index in [2.05, 4.69) is 4.98 Å².